The van der Waals surface area contributed by atoms with E-state index in [2.05, 4.69) is 15.5 Å². The molecule has 1 amide bonds. The molecule has 0 spiro atoms. The third kappa shape index (κ3) is 4.90. The van der Waals surface area contributed by atoms with E-state index in [1.807, 2.05) is 0 Å². The van der Waals surface area contributed by atoms with Crippen LogP contribution >= 0.6 is 35.0 Å². The molecule has 1 unspecified atom stereocenters. The van der Waals surface area contributed by atoms with Gasteiger partial charge in [-0.2, -0.15) is 0 Å². The number of benzene rings is 2. The van der Waals surface area contributed by atoms with Crippen molar-refractivity contribution in [1.29, 1.82) is 0 Å². The molecule has 1 aromatic heterocycles. The van der Waals surface area contributed by atoms with Crippen molar-refractivity contribution in [3.8, 4) is 11.4 Å². The Balaban J connectivity index is 1.74. The Morgan fingerprint density at radius 2 is 1.93 bits per heavy atom. The topological polar surface area (TPSA) is 103 Å². The van der Waals surface area contributed by atoms with Crippen LogP contribution in [0.2, 0.25) is 10.0 Å². The molecule has 0 aliphatic carbocycles. The average molecular weight is 450 g/mol. The summed E-state index contributed by atoms with van der Waals surface area (Å²) in [5.74, 6) is 6.10. The lowest BCUT2D eigenvalue weighted by molar-refractivity contribution is -0.115. The fourth-order valence-electron chi connectivity index (χ4n) is 2.48. The summed E-state index contributed by atoms with van der Waals surface area (Å²) in [6.07, 6.45) is 0. The molecule has 7 nitrogen and oxygen atoms in total. The number of aromatic nitrogens is 3. The normalized spacial score (nSPS) is 11.9. The number of amides is 1. The first-order valence-electron chi connectivity index (χ1n) is 8.50. The number of hydrogen-bond donors (Lipinski definition) is 2. The number of hydrogen-bond acceptors (Lipinski definition) is 6. The van der Waals surface area contributed by atoms with Crippen molar-refractivity contribution in [1.82, 2.24) is 14.9 Å². The van der Waals surface area contributed by atoms with Crippen molar-refractivity contribution in [3.63, 3.8) is 0 Å². The Bertz CT molecular complexity index is 1090. The highest BCUT2D eigenvalue weighted by Crippen LogP contribution is 2.31. The van der Waals surface area contributed by atoms with Gasteiger partial charge in [0.15, 0.2) is 11.6 Å². The van der Waals surface area contributed by atoms with Crippen molar-refractivity contribution in [2.24, 2.45) is 0 Å². The maximum absolute atomic E-state index is 12.5. The molecule has 0 saturated heterocycles. The Labute approximate surface area is 181 Å². The highest BCUT2D eigenvalue weighted by Gasteiger charge is 2.21. The molecule has 1 atom stereocenters. The molecule has 10 heteroatoms. The second-order valence-corrected chi connectivity index (χ2v) is 8.34. The van der Waals surface area contributed by atoms with Gasteiger partial charge in [0, 0.05) is 21.8 Å². The van der Waals surface area contributed by atoms with Gasteiger partial charge < -0.3 is 11.2 Å². The van der Waals surface area contributed by atoms with Gasteiger partial charge in [-0.05, 0) is 44.2 Å². The number of nitrogens with zero attached hydrogens (tertiary/aromatic N) is 3. The average Bonchev–Trinajstić information content (AvgIpc) is 3.04. The monoisotopic (exact) mass is 449 g/mol. The van der Waals surface area contributed by atoms with Crippen LogP contribution in [-0.4, -0.2) is 31.8 Å². The first-order chi connectivity index (χ1) is 13.8. The molecular formula is C19H17Cl2N5O2S. The van der Waals surface area contributed by atoms with E-state index in [9.17, 15) is 9.59 Å². The van der Waals surface area contributed by atoms with Gasteiger partial charge in [-0.1, -0.05) is 47.1 Å². The van der Waals surface area contributed by atoms with Crippen molar-refractivity contribution >= 4 is 52.3 Å². The van der Waals surface area contributed by atoms with Crippen LogP contribution in [0.5, 0.6) is 0 Å². The van der Waals surface area contributed by atoms with Gasteiger partial charge >= 0.3 is 0 Å². The lowest BCUT2D eigenvalue weighted by Crippen LogP contribution is -2.23. The maximum atomic E-state index is 12.5. The number of anilines is 1. The number of nitrogens with two attached hydrogens (primary N) is 1. The zero-order valence-electron chi connectivity index (χ0n) is 15.5. The summed E-state index contributed by atoms with van der Waals surface area (Å²) in [7, 11) is 0. The van der Waals surface area contributed by atoms with Gasteiger partial charge in [0.05, 0.1) is 10.3 Å². The van der Waals surface area contributed by atoms with Crippen LogP contribution in [0.3, 0.4) is 0 Å². The molecular weight excluding hydrogens is 433 g/mol. The number of rotatable bonds is 6. The lowest BCUT2D eigenvalue weighted by Gasteiger charge is -2.12. The third-order valence-corrected chi connectivity index (χ3v) is 5.64. The largest absolute Gasteiger partial charge is 0.335 e. The van der Waals surface area contributed by atoms with E-state index in [1.165, 1.54) is 11.6 Å². The summed E-state index contributed by atoms with van der Waals surface area (Å²) in [5.41, 5.74) is 1.60. The number of carbonyl (C=O) groups excluding carboxylic acids is 2. The second kappa shape index (κ2) is 8.86. The van der Waals surface area contributed by atoms with Gasteiger partial charge in [0.1, 0.15) is 0 Å². The van der Waals surface area contributed by atoms with Crippen molar-refractivity contribution in [2.45, 2.75) is 24.3 Å². The van der Waals surface area contributed by atoms with Crippen LogP contribution in [0.4, 0.5) is 5.69 Å². The molecule has 0 aliphatic heterocycles. The number of carbonyl (C=O) groups is 2. The van der Waals surface area contributed by atoms with Crippen LogP contribution in [0.25, 0.3) is 11.4 Å². The van der Waals surface area contributed by atoms with Crippen LogP contribution in [0.1, 0.15) is 24.2 Å². The molecule has 0 saturated carbocycles. The Hall–Kier alpha value is -2.55. The minimum absolute atomic E-state index is 0.0769. The predicted molar refractivity (Wildman–Crippen MR) is 116 cm³/mol. The Kier molecular flexibility index (Phi) is 6.46. The predicted octanol–water partition coefficient (Wildman–Crippen LogP) is 4.29. The van der Waals surface area contributed by atoms with Crippen LogP contribution < -0.4 is 11.2 Å². The molecule has 3 aromatic rings. The number of Topliss-reactive ketones (excluding diaryl/α,β-unsaturated/α-hetero) is 1. The van der Waals surface area contributed by atoms with Crippen molar-refractivity contribution < 1.29 is 9.59 Å². The molecule has 29 heavy (non-hydrogen) atoms. The summed E-state index contributed by atoms with van der Waals surface area (Å²) in [6.45, 7) is 3.19. The number of nitrogen functional groups attached to an aromatic ring is 1. The lowest BCUT2D eigenvalue weighted by atomic mass is 10.1. The van der Waals surface area contributed by atoms with Gasteiger partial charge in [0.2, 0.25) is 11.1 Å². The van der Waals surface area contributed by atoms with E-state index in [0.717, 1.165) is 11.8 Å². The van der Waals surface area contributed by atoms with E-state index in [-0.39, 0.29) is 11.7 Å². The van der Waals surface area contributed by atoms with E-state index >= 15 is 0 Å². The Morgan fingerprint density at radius 1 is 1.17 bits per heavy atom. The molecule has 2 aromatic carbocycles. The summed E-state index contributed by atoms with van der Waals surface area (Å²) in [4.78, 5) is 24.0. The summed E-state index contributed by atoms with van der Waals surface area (Å²) >= 11 is 13.4. The van der Waals surface area contributed by atoms with E-state index < -0.39 is 5.25 Å². The smallest absolute Gasteiger partial charge is 0.237 e. The highest BCUT2D eigenvalue weighted by atomic mass is 35.5. The van der Waals surface area contributed by atoms with Gasteiger partial charge in [-0.15, -0.1) is 10.2 Å². The zero-order valence-corrected chi connectivity index (χ0v) is 17.8. The second-order valence-electron chi connectivity index (χ2n) is 6.19. The third-order valence-electron chi connectivity index (χ3n) is 4.02. The first-order valence-corrected chi connectivity index (χ1v) is 10.1. The summed E-state index contributed by atoms with van der Waals surface area (Å²) in [6, 6.07) is 11.7. The number of halogens is 2. The SMILES string of the molecule is CC(=O)c1cccc(NC(=O)C(C)Sc2nnc(-c3cc(Cl)ccc3Cl)n2N)c1. The van der Waals surface area contributed by atoms with E-state index in [0.29, 0.717) is 37.8 Å². The molecule has 3 rings (SSSR count). The molecule has 0 aliphatic rings. The minimum Gasteiger partial charge on any atom is -0.335 e. The number of nitrogens with one attached hydrogen (secondary N) is 1. The molecule has 0 radical (unpaired) electrons. The number of ketones is 1. The maximum Gasteiger partial charge on any atom is 0.237 e. The standard InChI is InChI=1S/C19H17Cl2N5O2S/c1-10(27)12-4-3-5-14(8-12)23-18(28)11(2)29-19-25-24-17(26(19)22)15-9-13(20)6-7-16(15)21/h3-9,11H,22H2,1-2H3,(H,23,28). The van der Waals surface area contributed by atoms with Gasteiger partial charge in [0.25, 0.3) is 0 Å². The first kappa shape index (κ1) is 21.2. The van der Waals surface area contributed by atoms with Crippen LogP contribution in [0, 0.1) is 0 Å². The molecule has 0 fully saturated rings. The summed E-state index contributed by atoms with van der Waals surface area (Å²) in [5, 5.41) is 11.6. The van der Waals surface area contributed by atoms with Crippen LogP contribution in [-0.2, 0) is 4.79 Å². The van der Waals surface area contributed by atoms with Crippen LogP contribution in [0.15, 0.2) is 47.6 Å². The van der Waals surface area contributed by atoms with Gasteiger partial charge in [-0.25, -0.2) is 4.68 Å². The Morgan fingerprint density at radius 3 is 2.66 bits per heavy atom. The quantitative estimate of drug-likeness (QED) is 0.330. The molecule has 3 N–H and O–H groups in total. The fraction of sp³-hybridized carbons (Fsp3) is 0.158. The van der Waals surface area contributed by atoms with Gasteiger partial charge in [-0.3, -0.25) is 9.59 Å². The van der Waals surface area contributed by atoms with Crippen molar-refractivity contribution in [3.05, 3.63) is 58.1 Å². The molecule has 1 heterocycles. The van der Waals surface area contributed by atoms with E-state index in [1.54, 1.807) is 49.4 Å². The van der Waals surface area contributed by atoms with Crippen molar-refractivity contribution in [2.75, 3.05) is 11.2 Å². The fourth-order valence-corrected chi connectivity index (χ4v) is 3.63. The van der Waals surface area contributed by atoms with E-state index in [4.69, 9.17) is 29.0 Å². The zero-order chi connectivity index (χ0) is 21.1. The highest BCUT2D eigenvalue weighted by molar-refractivity contribution is 8.00. The molecule has 0 bridgehead atoms. The number of thioether (sulfide) groups is 1. The molecule has 150 valence electrons. The summed E-state index contributed by atoms with van der Waals surface area (Å²) < 4.78 is 1.27. The minimum atomic E-state index is -0.523.